The number of hydrogen-bond acceptors (Lipinski definition) is 5. The Morgan fingerprint density at radius 3 is 2.33 bits per heavy atom. The zero-order valence-corrected chi connectivity index (χ0v) is 14.5. The first kappa shape index (κ1) is 21.2. The third-order valence-electron chi connectivity index (χ3n) is 3.55. The van der Waals surface area contributed by atoms with Gasteiger partial charge in [0.05, 0.1) is 12.0 Å². The first-order chi connectivity index (χ1) is 12.3. The van der Waals surface area contributed by atoms with E-state index in [-0.39, 0.29) is 5.69 Å². The summed E-state index contributed by atoms with van der Waals surface area (Å²) in [7, 11) is 0. The van der Waals surface area contributed by atoms with Crippen LogP contribution < -0.4 is 0 Å². The third-order valence-corrected chi connectivity index (χ3v) is 4.66. The third kappa shape index (κ3) is 4.78. The monoisotopic (exact) mass is 413 g/mol. The number of aromatic nitrogens is 1. The number of ether oxygens (including phenoxy) is 1. The lowest BCUT2D eigenvalue weighted by Gasteiger charge is -2.27. The Bertz CT molecular complexity index is 817. The summed E-state index contributed by atoms with van der Waals surface area (Å²) >= 11 is 0.508. The highest BCUT2D eigenvalue weighted by Gasteiger charge is 2.58. The summed E-state index contributed by atoms with van der Waals surface area (Å²) in [6.07, 6.45) is -11.5. The average Bonchev–Trinajstić information content (AvgIpc) is 2.98. The quantitative estimate of drug-likeness (QED) is 0.585. The van der Waals surface area contributed by atoms with Crippen molar-refractivity contribution in [3.8, 4) is 0 Å². The summed E-state index contributed by atoms with van der Waals surface area (Å²) in [5.74, 6) is -1.51. The highest BCUT2D eigenvalue weighted by atomic mass is 32.1. The number of nitrogens with zero attached hydrogens (tertiary/aromatic N) is 1. The van der Waals surface area contributed by atoms with Crippen molar-refractivity contribution in [1.82, 2.24) is 4.98 Å². The van der Waals surface area contributed by atoms with E-state index >= 15 is 0 Å². The van der Waals surface area contributed by atoms with Gasteiger partial charge in [-0.3, -0.25) is 4.79 Å². The SMILES string of the molecule is Cc1csc([C@@](O)(CC(=O)OCc2ccccc2C(F)(F)F)C(F)(F)F)n1. The second-order valence-electron chi connectivity index (χ2n) is 5.64. The summed E-state index contributed by atoms with van der Waals surface area (Å²) in [5, 5.41) is 10.5. The lowest BCUT2D eigenvalue weighted by Crippen LogP contribution is -2.44. The molecule has 2 aromatic rings. The predicted molar refractivity (Wildman–Crippen MR) is 82.7 cm³/mol. The number of aliphatic hydroxyl groups is 1. The van der Waals surface area contributed by atoms with Crippen LogP contribution in [-0.2, 0) is 27.9 Å². The summed E-state index contributed by atoms with van der Waals surface area (Å²) in [6, 6.07) is 4.19. The predicted octanol–water partition coefficient (Wildman–Crippen LogP) is 4.35. The molecule has 0 spiro atoms. The van der Waals surface area contributed by atoms with Crippen LogP contribution in [0.2, 0.25) is 0 Å². The van der Waals surface area contributed by atoms with Crippen molar-refractivity contribution in [2.75, 3.05) is 0 Å². The topological polar surface area (TPSA) is 59.4 Å². The number of alkyl halides is 6. The van der Waals surface area contributed by atoms with E-state index in [1.54, 1.807) is 0 Å². The van der Waals surface area contributed by atoms with E-state index in [1.165, 1.54) is 18.4 Å². The van der Waals surface area contributed by atoms with Crippen molar-refractivity contribution in [1.29, 1.82) is 0 Å². The smallest absolute Gasteiger partial charge is 0.424 e. The largest absolute Gasteiger partial charge is 0.461 e. The van der Waals surface area contributed by atoms with Gasteiger partial charge in [0, 0.05) is 16.6 Å². The van der Waals surface area contributed by atoms with Crippen molar-refractivity contribution in [3.05, 3.63) is 51.5 Å². The molecule has 1 aromatic heterocycles. The van der Waals surface area contributed by atoms with E-state index in [4.69, 9.17) is 0 Å². The summed E-state index contributed by atoms with van der Waals surface area (Å²) in [5.41, 5.74) is -4.87. The highest BCUT2D eigenvalue weighted by molar-refractivity contribution is 7.09. The molecule has 0 amide bonds. The van der Waals surface area contributed by atoms with Crippen molar-refractivity contribution in [3.63, 3.8) is 0 Å². The minimum absolute atomic E-state index is 0.213. The fraction of sp³-hybridized carbons (Fsp3) is 0.375. The van der Waals surface area contributed by atoms with Gasteiger partial charge < -0.3 is 9.84 Å². The van der Waals surface area contributed by atoms with E-state index in [9.17, 15) is 36.2 Å². The molecule has 0 bridgehead atoms. The van der Waals surface area contributed by atoms with Gasteiger partial charge >= 0.3 is 18.3 Å². The van der Waals surface area contributed by atoms with Gasteiger partial charge in [0.1, 0.15) is 11.6 Å². The summed E-state index contributed by atoms with van der Waals surface area (Å²) in [6.45, 7) is 0.516. The fourth-order valence-electron chi connectivity index (χ4n) is 2.18. The highest BCUT2D eigenvalue weighted by Crippen LogP contribution is 2.43. The number of hydrogen-bond donors (Lipinski definition) is 1. The first-order valence-electron chi connectivity index (χ1n) is 7.37. The molecule has 0 aliphatic heterocycles. The number of thiazole rings is 1. The molecule has 1 aromatic carbocycles. The van der Waals surface area contributed by atoms with Crippen LogP contribution in [0.5, 0.6) is 0 Å². The average molecular weight is 413 g/mol. The molecule has 0 saturated heterocycles. The molecule has 0 aliphatic carbocycles. The lowest BCUT2D eigenvalue weighted by molar-refractivity contribution is -0.269. The molecule has 11 heteroatoms. The van der Waals surface area contributed by atoms with Crippen LogP contribution >= 0.6 is 11.3 Å². The normalized spacial score (nSPS) is 14.7. The maximum absolute atomic E-state index is 13.3. The second-order valence-corrected chi connectivity index (χ2v) is 6.50. The van der Waals surface area contributed by atoms with Crippen LogP contribution in [0.25, 0.3) is 0 Å². The lowest BCUT2D eigenvalue weighted by atomic mass is 10.00. The minimum atomic E-state index is -5.24. The number of carbonyl (C=O) groups is 1. The van der Waals surface area contributed by atoms with Crippen molar-refractivity contribution in [2.45, 2.75) is 37.9 Å². The van der Waals surface area contributed by atoms with E-state index < -0.39 is 53.1 Å². The van der Waals surface area contributed by atoms with Crippen molar-refractivity contribution in [2.24, 2.45) is 0 Å². The van der Waals surface area contributed by atoms with E-state index in [0.717, 1.165) is 18.2 Å². The van der Waals surface area contributed by atoms with Gasteiger partial charge in [-0.15, -0.1) is 11.3 Å². The van der Waals surface area contributed by atoms with E-state index in [0.29, 0.717) is 11.3 Å². The van der Waals surface area contributed by atoms with Crippen LogP contribution in [0.15, 0.2) is 29.6 Å². The van der Waals surface area contributed by atoms with Gasteiger partial charge in [-0.25, -0.2) is 4.98 Å². The molecule has 0 aliphatic rings. The van der Waals surface area contributed by atoms with Gasteiger partial charge in [-0.1, -0.05) is 18.2 Å². The van der Waals surface area contributed by atoms with E-state index in [1.807, 2.05) is 0 Å². The van der Waals surface area contributed by atoms with Gasteiger partial charge in [0.2, 0.25) is 5.60 Å². The molecule has 0 unspecified atom stereocenters. The zero-order chi connectivity index (χ0) is 20.5. The molecule has 1 N–H and O–H groups in total. The van der Waals surface area contributed by atoms with E-state index in [2.05, 4.69) is 9.72 Å². The Balaban J connectivity index is 2.17. The number of esters is 1. The van der Waals surface area contributed by atoms with Crippen molar-refractivity contribution >= 4 is 17.3 Å². The maximum Gasteiger partial charge on any atom is 0.424 e. The fourth-order valence-corrected chi connectivity index (χ4v) is 3.10. The Labute approximate surface area is 153 Å². The van der Waals surface area contributed by atoms with Crippen molar-refractivity contribution < 1.29 is 41.0 Å². The molecule has 1 atom stereocenters. The van der Waals surface area contributed by atoms with Crippen LogP contribution in [0, 0.1) is 6.92 Å². The molecule has 0 saturated carbocycles. The van der Waals surface area contributed by atoms with Crippen LogP contribution in [0.1, 0.15) is 28.2 Å². The molecular weight excluding hydrogens is 400 g/mol. The van der Waals surface area contributed by atoms with Gasteiger partial charge in [0.25, 0.3) is 0 Å². The number of carbonyl (C=O) groups excluding carboxylic acids is 1. The standard InChI is InChI=1S/C16H13F6NO3S/c1-9-8-27-13(23-9)14(25,16(20,21)22)6-12(24)26-7-10-4-2-3-5-11(10)15(17,18)19/h2-5,8,25H,6-7H2,1H3/t14-/m0/s1. The molecular formula is C16H13F6NO3S. The Kier molecular flexibility index (Phi) is 5.85. The molecule has 4 nitrogen and oxygen atoms in total. The molecule has 1 heterocycles. The van der Waals surface area contributed by atoms with Crippen LogP contribution in [0.3, 0.4) is 0 Å². The summed E-state index contributed by atoms with van der Waals surface area (Å²) in [4.78, 5) is 15.4. The molecule has 27 heavy (non-hydrogen) atoms. The maximum atomic E-state index is 13.3. The first-order valence-corrected chi connectivity index (χ1v) is 8.25. The zero-order valence-electron chi connectivity index (χ0n) is 13.7. The Morgan fingerprint density at radius 2 is 1.81 bits per heavy atom. The molecule has 0 fully saturated rings. The van der Waals surface area contributed by atoms with Crippen LogP contribution in [-0.4, -0.2) is 22.2 Å². The summed E-state index contributed by atoms with van der Waals surface area (Å²) < 4.78 is 83.1. The number of rotatable bonds is 5. The molecule has 0 radical (unpaired) electrons. The van der Waals surface area contributed by atoms with Gasteiger partial charge in [-0.2, -0.15) is 26.3 Å². The minimum Gasteiger partial charge on any atom is -0.461 e. The number of aryl methyl sites for hydroxylation is 1. The van der Waals surface area contributed by atoms with Crippen LogP contribution in [0.4, 0.5) is 26.3 Å². The molecule has 148 valence electrons. The van der Waals surface area contributed by atoms with Gasteiger partial charge in [0.15, 0.2) is 0 Å². The number of benzene rings is 1. The van der Waals surface area contributed by atoms with Gasteiger partial charge in [-0.05, 0) is 13.0 Å². The second kappa shape index (κ2) is 7.47. The molecule has 2 rings (SSSR count). The number of halogens is 6. The Hall–Kier alpha value is -2.14. The Morgan fingerprint density at radius 1 is 1.19 bits per heavy atom.